The minimum absolute atomic E-state index is 0.591. The molecule has 22 heavy (non-hydrogen) atoms. The van der Waals surface area contributed by atoms with Crippen LogP contribution in [0.25, 0.3) is 0 Å². The number of benzene rings is 2. The lowest BCUT2D eigenvalue weighted by Crippen LogP contribution is -2.57. The van der Waals surface area contributed by atoms with Gasteiger partial charge in [-0.3, -0.25) is 0 Å². The molecule has 0 aromatic heterocycles. The summed E-state index contributed by atoms with van der Waals surface area (Å²) in [6.45, 7) is 7.14. The summed E-state index contributed by atoms with van der Waals surface area (Å²) in [5.74, 6) is 0.591. The van der Waals surface area contributed by atoms with Gasteiger partial charge in [0.25, 0.3) is 0 Å². The fraction of sp³-hybridized carbons (Fsp3) is 0.238. The van der Waals surface area contributed by atoms with Crippen LogP contribution in [-0.2, 0) is 0 Å². The van der Waals surface area contributed by atoms with E-state index in [1.54, 1.807) is 10.8 Å². The molecule has 0 aliphatic heterocycles. The molecule has 3 rings (SSSR count). The van der Waals surface area contributed by atoms with Crippen molar-refractivity contribution in [2.24, 2.45) is 5.92 Å². The van der Waals surface area contributed by atoms with Crippen LogP contribution >= 0.6 is 0 Å². The molecule has 1 aliphatic carbocycles. The number of hydrogen-bond acceptors (Lipinski definition) is 0. The first-order chi connectivity index (χ1) is 10.6. The minimum atomic E-state index is -1.90. The van der Waals surface area contributed by atoms with Gasteiger partial charge in [-0.2, -0.15) is 0 Å². The molecular weight excluding hydrogens is 280 g/mol. The lowest BCUT2D eigenvalue weighted by Gasteiger charge is -2.33. The van der Waals surface area contributed by atoms with Crippen LogP contribution in [0.3, 0.4) is 0 Å². The number of hydrogen-bond donors (Lipinski definition) is 0. The van der Waals surface area contributed by atoms with E-state index in [1.165, 1.54) is 10.4 Å². The van der Waals surface area contributed by atoms with Crippen LogP contribution < -0.4 is 10.4 Å². The van der Waals surface area contributed by atoms with Crippen molar-refractivity contribution >= 4 is 18.4 Å². The minimum Gasteiger partial charge on any atom is -0.0804 e. The summed E-state index contributed by atoms with van der Waals surface area (Å²) in [6, 6.07) is 22.2. The normalized spacial score (nSPS) is 14.9. The second-order valence-corrected chi connectivity index (χ2v) is 10.5. The second kappa shape index (κ2) is 6.10. The number of allylic oxidation sites excluding steroid dienone is 4. The zero-order valence-electron chi connectivity index (χ0n) is 13.7. The Hall–Kier alpha value is -1.86. The average Bonchev–Trinajstić information content (AvgIpc) is 3.06. The van der Waals surface area contributed by atoms with Gasteiger partial charge in [-0.25, -0.2) is 0 Å². The molecular formula is C21H24Si. The summed E-state index contributed by atoms with van der Waals surface area (Å²) in [4.78, 5) is 0. The highest BCUT2D eigenvalue weighted by atomic mass is 28.3. The Morgan fingerprint density at radius 2 is 1.27 bits per heavy atom. The lowest BCUT2D eigenvalue weighted by molar-refractivity contribution is 0.788. The molecule has 0 bridgehead atoms. The van der Waals surface area contributed by atoms with E-state index in [9.17, 15) is 0 Å². The summed E-state index contributed by atoms with van der Waals surface area (Å²) in [5.41, 5.74) is 1.56. The maximum absolute atomic E-state index is 2.50. The zero-order chi connectivity index (χ0) is 15.6. The topological polar surface area (TPSA) is 0 Å². The first-order valence-corrected chi connectivity index (χ1v) is 10.7. The van der Waals surface area contributed by atoms with E-state index in [2.05, 4.69) is 93.2 Å². The molecule has 1 aliphatic rings. The Balaban J connectivity index is 2.19. The summed E-state index contributed by atoms with van der Waals surface area (Å²) in [6.07, 6.45) is 5.99. The standard InChI is InChI=1S/C21H24Si/c1-17(2)20-15-10-16-21(20)22(3,18-11-6-4-7-12-18)19-13-8-5-9-14-19/h4-9,11-17H,10H2,1-3H3. The zero-order valence-corrected chi connectivity index (χ0v) is 14.7. The Bertz CT molecular complexity index is 654. The molecule has 2 aromatic carbocycles. The SMILES string of the molecule is CC(C)C1=CCC=C1[Si](C)(c1ccccc1)c1ccccc1. The van der Waals surface area contributed by atoms with Gasteiger partial charge in [0.05, 0.1) is 0 Å². The Morgan fingerprint density at radius 1 is 0.773 bits per heavy atom. The molecule has 0 spiro atoms. The van der Waals surface area contributed by atoms with Crippen molar-refractivity contribution in [1.29, 1.82) is 0 Å². The second-order valence-electron chi connectivity index (χ2n) is 6.52. The summed E-state index contributed by atoms with van der Waals surface area (Å²) < 4.78 is 0. The van der Waals surface area contributed by atoms with Crippen LogP contribution in [0.2, 0.25) is 6.55 Å². The van der Waals surface area contributed by atoms with E-state index in [4.69, 9.17) is 0 Å². The highest BCUT2D eigenvalue weighted by molar-refractivity contribution is 7.07. The predicted molar refractivity (Wildman–Crippen MR) is 99.4 cm³/mol. The van der Waals surface area contributed by atoms with Crippen molar-refractivity contribution in [2.45, 2.75) is 26.8 Å². The molecule has 0 N–H and O–H groups in total. The first kappa shape index (κ1) is 15.0. The fourth-order valence-electron chi connectivity index (χ4n) is 3.59. The molecule has 112 valence electrons. The predicted octanol–water partition coefficient (Wildman–Crippen LogP) is 4.33. The van der Waals surface area contributed by atoms with Gasteiger partial charge in [0.1, 0.15) is 8.07 Å². The highest BCUT2D eigenvalue weighted by Crippen LogP contribution is 2.33. The summed E-state index contributed by atoms with van der Waals surface area (Å²) in [7, 11) is -1.90. The van der Waals surface area contributed by atoms with Crippen molar-refractivity contribution in [3.05, 3.63) is 83.6 Å². The molecule has 0 radical (unpaired) electrons. The van der Waals surface area contributed by atoms with Crippen LogP contribution in [0.5, 0.6) is 0 Å². The molecule has 2 aromatic rings. The Kier molecular flexibility index (Phi) is 4.17. The van der Waals surface area contributed by atoms with Crippen LogP contribution in [-0.4, -0.2) is 8.07 Å². The molecule has 0 atom stereocenters. The Morgan fingerprint density at radius 3 is 1.73 bits per heavy atom. The van der Waals surface area contributed by atoms with Crippen molar-refractivity contribution in [1.82, 2.24) is 0 Å². The molecule has 0 amide bonds. The largest absolute Gasteiger partial charge is 0.145 e. The molecule has 0 saturated heterocycles. The average molecular weight is 305 g/mol. The smallest absolute Gasteiger partial charge is 0.0804 e. The van der Waals surface area contributed by atoms with Crippen molar-refractivity contribution in [3.8, 4) is 0 Å². The fourth-order valence-corrected chi connectivity index (χ4v) is 7.76. The summed E-state index contributed by atoms with van der Waals surface area (Å²) >= 11 is 0. The third-order valence-corrected chi connectivity index (χ3v) is 9.38. The van der Waals surface area contributed by atoms with Gasteiger partial charge in [-0.05, 0) is 28.3 Å². The third-order valence-electron chi connectivity index (χ3n) is 4.83. The van der Waals surface area contributed by atoms with Crippen molar-refractivity contribution in [3.63, 3.8) is 0 Å². The highest BCUT2D eigenvalue weighted by Gasteiger charge is 2.38. The van der Waals surface area contributed by atoms with Crippen LogP contribution in [0.1, 0.15) is 20.3 Å². The first-order valence-electron chi connectivity index (χ1n) is 8.16. The van der Waals surface area contributed by atoms with E-state index in [0.29, 0.717) is 5.92 Å². The van der Waals surface area contributed by atoms with Crippen LogP contribution in [0.4, 0.5) is 0 Å². The molecule has 0 nitrogen and oxygen atoms in total. The summed E-state index contributed by atoms with van der Waals surface area (Å²) in [5, 5.41) is 4.61. The quantitative estimate of drug-likeness (QED) is 0.738. The van der Waals surface area contributed by atoms with Gasteiger partial charge < -0.3 is 0 Å². The van der Waals surface area contributed by atoms with E-state index in [-0.39, 0.29) is 0 Å². The van der Waals surface area contributed by atoms with Gasteiger partial charge in [0.2, 0.25) is 0 Å². The van der Waals surface area contributed by atoms with Gasteiger partial charge in [-0.15, -0.1) is 0 Å². The van der Waals surface area contributed by atoms with Crippen molar-refractivity contribution < 1.29 is 0 Å². The monoisotopic (exact) mass is 304 g/mol. The van der Waals surface area contributed by atoms with Gasteiger partial charge in [0.15, 0.2) is 0 Å². The number of rotatable bonds is 4. The third kappa shape index (κ3) is 2.50. The van der Waals surface area contributed by atoms with E-state index in [0.717, 1.165) is 6.42 Å². The molecule has 0 saturated carbocycles. The maximum Gasteiger partial charge on any atom is 0.145 e. The molecule has 0 heterocycles. The van der Waals surface area contributed by atoms with E-state index >= 15 is 0 Å². The lowest BCUT2D eigenvalue weighted by atomic mass is 10.1. The maximum atomic E-state index is 2.50. The molecule has 0 unspecified atom stereocenters. The Labute approximate surface area is 135 Å². The van der Waals surface area contributed by atoms with Crippen molar-refractivity contribution in [2.75, 3.05) is 0 Å². The van der Waals surface area contributed by atoms with Gasteiger partial charge in [-0.1, -0.05) is 98.4 Å². The van der Waals surface area contributed by atoms with E-state index in [1.807, 2.05) is 0 Å². The molecule has 1 heteroatoms. The van der Waals surface area contributed by atoms with Gasteiger partial charge >= 0.3 is 0 Å². The molecule has 0 fully saturated rings. The van der Waals surface area contributed by atoms with Crippen LogP contribution in [0, 0.1) is 5.92 Å². The van der Waals surface area contributed by atoms with Crippen LogP contribution in [0.15, 0.2) is 83.6 Å². The van der Waals surface area contributed by atoms with E-state index < -0.39 is 8.07 Å². The van der Waals surface area contributed by atoms with Gasteiger partial charge in [0, 0.05) is 0 Å².